The summed E-state index contributed by atoms with van der Waals surface area (Å²) in [5, 5.41) is 13.3. The maximum Gasteiger partial charge on any atom is 0.356 e. The number of carboxylic acids is 1. The van der Waals surface area contributed by atoms with Crippen LogP contribution in [0.1, 0.15) is 28.2 Å². The van der Waals surface area contributed by atoms with Crippen molar-refractivity contribution in [3.05, 3.63) is 45.4 Å². The number of carbonyl (C=O) groups is 1. The lowest BCUT2D eigenvalue weighted by atomic mass is 10.2. The van der Waals surface area contributed by atoms with Crippen molar-refractivity contribution in [3.63, 3.8) is 0 Å². The van der Waals surface area contributed by atoms with Crippen LogP contribution in [0.15, 0.2) is 22.7 Å². The molecular formula is C13H10BrFN2O2. The summed E-state index contributed by atoms with van der Waals surface area (Å²) < 4.78 is 15.6. The van der Waals surface area contributed by atoms with E-state index in [1.165, 1.54) is 12.1 Å². The fraction of sp³-hybridized carbons (Fsp3) is 0.231. The molecule has 1 N–H and O–H groups in total. The van der Waals surface area contributed by atoms with Crippen LogP contribution >= 0.6 is 15.9 Å². The van der Waals surface area contributed by atoms with E-state index in [0.717, 1.165) is 24.1 Å². The molecule has 98 valence electrons. The Kier molecular flexibility index (Phi) is 2.89. The number of rotatable bonds is 2. The number of nitrogens with zero attached hydrogens (tertiary/aromatic N) is 2. The summed E-state index contributed by atoms with van der Waals surface area (Å²) in [4.78, 5) is 11.2. The molecule has 0 amide bonds. The minimum atomic E-state index is -1.04. The monoisotopic (exact) mass is 324 g/mol. The van der Waals surface area contributed by atoms with Crippen LogP contribution in [0.25, 0.3) is 5.69 Å². The van der Waals surface area contributed by atoms with Crippen molar-refractivity contribution in [1.82, 2.24) is 9.78 Å². The van der Waals surface area contributed by atoms with Crippen molar-refractivity contribution in [2.75, 3.05) is 0 Å². The average Bonchev–Trinajstić information content (AvgIpc) is 2.93. The Morgan fingerprint density at radius 1 is 1.42 bits per heavy atom. The number of halogens is 2. The summed E-state index contributed by atoms with van der Waals surface area (Å²) in [6.07, 6.45) is 2.38. The number of benzene rings is 1. The molecule has 1 aliphatic carbocycles. The molecule has 4 nitrogen and oxygen atoms in total. The second-order valence-corrected chi connectivity index (χ2v) is 5.29. The lowest BCUT2D eigenvalue weighted by molar-refractivity contribution is 0.0689. The molecule has 0 saturated carbocycles. The third-order valence-corrected chi connectivity index (χ3v) is 3.94. The van der Waals surface area contributed by atoms with Gasteiger partial charge in [-0.25, -0.2) is 13.9 Å². The highest BCUT2D eigenvalue weighted by Gasteiger charge is 2.27. The second kappa shape index (κ2) is 4.45. The highest BCUT2D eigenvalue weighted by molar-refractivity contribution is 9.10. The molecule has 2 aromatic rings. The topological polar surface area (TPSA) is 55.1 Å². The molecule has 1 heterocycles. The van der Waals surface area contributed by atoms with E-state index in [-0.39, 0.29) is 11.5 Å². The lowest BCUT2D eigenvalue weighted by Crippen LogP contribution is -2.05. The quantitative estimate of drug-likeness (QED) is 0.924. The van der Waals surface area contributed by atoms with Gasteiger partial charge in [-0.2, -0.15) is 5.10 Å². The Morgan fingerprint density at radius 3 is 2.95 bits per heavy atom. The van der Waals surface area contributed by atoms with Gasteiger partial charge in [-0.15, -0.1) is 0 Å². The maximum absolute atomic E-state index is 13.4. The van der Waals surface area contributed by atoms with Gasteiger partial charge in [0, 0.05) is 21.8 Å². The van der Waals surface area contributed by atoms with E-state index in [1.807, 2.05) is 0 Å². The lowest BCUT2D eigenvalue weighted by Gasteiger charge is -2.07. The number of carboxylic acid groups (broad SMARTS) is 1. The van der Waals surface area contributed by atoms with E-state index in [2.05, 4.69) is 21.0 Å². The standard InChI is InChI=1S/C13H10BrFN2O2/c14-9-5-4-7(15)6-11(9)17-10-3-1-2-8(10)12(16-17)13(18)19/h4-6H,1-3H2,(H,18,19). The number of hydrogen-bond acceptors (Lipinski definition) is 2. The predicted octanol–water partition coefficient (Wildman–Crippen LogP) is 2.96. The largest absolute Gasteiger partial charge is 0.476 e. The van der Waals surface area contributed by atoms with Gasteiger partial charge in [-0.1, -0.05) is 0 Å². The van der Waals surface area contributed by atoms with Crippen molar-refractivity contribution in [2.45, 2.75) is 19.3 Å². The zero-order valence-corrected chi connectivity index (χ0v) is 11.4. The Bertz CT molecular complexity index is 682. The molecule has 1 aromatic carbocycles. The number of aromatic nitrogens is 2. The molecule has 1 aliphatic rings. The summed E-state index contributed by atoms with van der Waals surface area (Å²) in [5.74, 6) is -1.42. The Labute approximate surface area is 117 Å². The Balaban J connectivity index is 2.23. The molecule has 0 radical (unpaired) electrons. The van der Waals surface area contributed by atoms with Crippen molar-refractivity contribution in [1.29, 1.82) is 0 Å². The first kappa shape index (κ1) is 12.3. The summed E-state index contributed by atoms with van der Waals surface area (Å²) in [5.41, 5.74) is 2.24. The Morgan fingerprint density at radius 2 is 2.21 bits per heavy atom. The van der Waals surface area contributed by atoms with Crippen LogP contribution in [0.3, 0.4) is 0 Å². The highest BCUT2D eigenvalue weighted by Crippen LogP contribution is 2.30. The van der Waals surface area contributed by atoms with Gasteiger partial charge in [0.2, 0.25) is 0 Å². The highest BCUT2D eigenvalue weighted by atomic mass is 79.9. The van der Waals surface area contributed by atoms with Gasteiger partial charge in [-0.3, -0.25) is 0 Å². The van der Waals surface area contributed by atoms with Gasteiger partial charge in [0.25, 0.3) is 0 Å². The summed E-state index contributed by atoms with van der Waals surface area (Å²) >= 11 is 3.35. The van der Waals surface area contributed by atoms with E-state index in [1.54, 1.807) is 10.7 Å². The minimum Gasteiger partial charge on any atom is -0.476 e. The van der Waals surface area contributed by atoms with E-state index < -0.39 is 5.97 Å². The molecule has 0 fully saturated rings. The van der Waals surface area contributed by atoms with Crippen molar-refractivity contribution < 1.29 is 14.3 Å². The van der Waals surface area contributed by atoms with E-state index in [4.69, 9.17) is 0 Å². The van der Waals surface area contributed by atoms with E-state index in [0.29, 0.717) is 16.6 Å². The van der Waals surface area contributed by atoms with Crippen molar-refractivity contribution in [2.24, 2.45) is 0 Å². The smallest absolute Gasteiger partial charge is 0.356 e. The fourth-order valence-electron chi connectivity index (χ4n) is 2.46. The summed E-state index contributed by atoms with van der Waals surface area (Å²) in [7, 11) is 0. The average molecular weight is 325 g/mol. The zero-order valence-electron chi connectivity index (χ0n) is 9.86. The van der Waals surface area contributed by atoms with Crippen molar-refractivity contribution >= 4 is 21.9 Å². The summed E-state index contributed by atoms with van der Waals surface area (Å²) in [6.45, 7) is 0. The van der Waals surface area contributed by atoms with Crippen molar-refractivity contribution in [3.8, 4) is 5.69 Å². The van der Waals surface area contributed by atoms with Crippen LogP contribution in [0.2, 0.25) is 0 Å². The molecule has 1 aromatic heterocycles. The van der Waals surface area contributed by atoms with Gasteiger partial charge in [0.1, 0.15) is 5.82 Å². The molecule has 0 bridgehead atoms. The minimum absolute atomic E-state index is 0.0728. The maximum atomic E-state index is 13.4. The van der Waals surface area contributed by atoms with Crippen LogP contribution < -0.4 is 0 Å². The molecule has 6 heteroatoms. The van der Waals surface area contributed by atoms with Crippen LogP contribution in [-0.4, -0.2) is 20.9 Å². The second-order valence-electron chi connectivity index (χ2n) is 4.44. The van der Waals surface area contributed by atoms with Crippen LogP contribution in [0.4, 0.5) is 4.39 Å². The van der Waals surface area contributed by atoms with E-state index >= 15 is 0 Å². The zero-order chi connectivity index (χ0) is 13.6. The molecule has 0 unspecified atom stereocenters. The number of aromatic carboxylic acids is 1. The van der Waals surface area contributed by atoms with Gasteiger partial charge in [-0.05, 0) is 47.3 Å². The van der Waals surface area contributed by atoms with Crippen LogP contribution in [0.5, 0.6) is 0 Å². The van der Waals surface area contributed by atoms with Gasteiger partial charge >= 0.3 is 5.97 Å². The molecule has 0 saturated heterocycles. The van der Waals surface area contributed by atoms with Crippen LogP contribution in [-0.2, 0) is 12.8 Å². The normalized spacial score (nSPS) is 13.6. The third-order valence-electron chi connectivity index (χ3n) is 3.27. The fourth-order valence-corrected chi connectivity index (χ4v) is 2.87. The van der Waals surface area contributed by atoms with Gasteiger partial charge < -0.3 is 5.11 Å². The molecule has 19 heavy (non-hydrogen) atoms. The first-order chi connectivity index (χ1) is 9.08. The number of hydrogen-bond donors (Lipinski definition) is 1. The van der Waals surface area contributed by atoms with Gasteiger partial charge in [0.05, 0.1) is 5.69 Å². The predicted molar refractivity (Wildman–Crippen MR) is 70.2 cm³/mol. The first-order valence-corrected chi connectivity index (χ1v) is 6.66. The summed E-state index contributed by atoms with van der Waals surface area (Å²) in [6, 6.07) is 4.28. The number of fused-ring (bicyclic) bond motifs is 1. The molecule has 3 rings (SSSR count). The molecule has 0 atom stereocenters. The molecule has 0 spiro atoms. The van der Waals surface area contributed by atoms with Gasteiger partial charge in [0.15, 0.2) is 5.69 Å². The van der Waals surface area contributed by atoms with Crippen LogP contribution in [0, 0.1) is 5.82 Å². The molecule has 0 aliphatic heterocycles. The first-order valence-electron chi connectivity index (χ1n) is 5.87. The SMILES string of the molecule is O=C(O)c1nn(-c2cc(F)ccc2Br)c2c1CCC2. The Hall–Kier alpha value is -1.69. The third kappa shape index (κ3) is 1.96. The van der Waals surface area contributed by atoms with E-state index in [9.17, 15) is 14.3 Å². The molecular weight excluding hydrogens is 315 g/mol.